The molecule has 0 aliphatic carbocycles. The summed E-state index contributed by atoms with van der Waals surface area (Å²) >= 11 is 1.98. The van der Waals surface area contributed by atoms with Crippen LogP contribution >= 0.6 is 11.8 Å². The molecule has 82 valence electrons. The lowest BCUT2D eigenvalue weighted by Crippen LogP contribution is -2.34. The van der Waals surface area contributed by atoms with Crippen molar-refractivity contribution in [3.63, 3.8) is 0 Å². The molecule has 0 saturated carbocycles. The van der Waals surface area contributed by atoms with Crippen LogP contribution in [-0.4, -0.2) is 30.5 Å². The minimum Gasteiger partial charge on any atom is -0.356 e. The minimum atomic E-state index is 0.0639. The molecule has 1 amide bonds. The van der Waals surface area contributed by atoms with Crippen LogP contribution in [0.2, 0.25) is 0 Å². The largest absolute Gasteiger partial charge is 0.356 e. The van der Waals surface area contributed by atoms with Crippen LogP contribution in [0.3, 0.4) is 0 Å². The summed E-state index contributed by atoms with van der Waals surface area (Å²) in [4.78, 5) is 11.5. The van der Waals surface area contributed by atoms with Crippen molar-refractivity contribution in [2.45, 2.75) is 19.8 Å². The first-order chi connectivity index (χ1) is 6.74. The van der Waals surface area contributed by atoms with Crippen molar-refractivity contribution >= 4 is 17.7 Å². The number of thioether (sulfide) groups is 1. The topological polar surface area (TPSA) is 55.1 Å². The molecule has 1 aliphatic heterocycles. The molecule has 14 heavy (non-hydrogen) atoms. The first-order valence-corrected chi connectivity index (χ1v) is 6.45. The second-order valence-corrected chi connectivity index (χ2v) is 5.10. The Hall–Kier alpha value is -0.220. The Kier molecular flexibility index (Phi) is 5.33. The van der Waals surface area contributed by atoms with Gasteiger partial charge in [0.25, 0.3) is 0 Å². The molecule has 2 unspecified atom stereocenters. The fraction of sp³-hybridized carbons (Fsp3) is 0.900. The maximum atomic E-state index is 11.5. The highest BCUT2D eigenvalue weighted by molar-refractivity contribution is 7.99. The summed E-state index contributed by atoms with van der Waals surface area (Å²) in [5, 5.41) is 3.00. The zero-order valence-electron chi connectivity index (χ0n) is 8.79. The quantitative estimate of drug-likeness (QED) is 0.716. The predicted octanol–water partition coefficient (Wildman–Crippen LogP) is 0.841. The molecule has 1 aliphatic rings. The van der Waals surface area contributed by atoms with E-state index < -0.39 is 0 Å². The summed E-state index contributed by atoms with van der Waals surface area (Å²) in [5.41, 5.74) is 5.40. The van der Waals surface area contributed by atoms with Gasteiger partial charge in [-0.2, -0.15) is 11.8 Å². The van der Waals surface area contributed by atoms with Gasteiger partial charge >= 0.3 is 0 Å². The van der Waals surface area contributed by atoms with Gasteiger partial charge in [0.1, 0.15) is 0 Å². The molecule has 0 aromatic heterocycles. The highest BCUT2D eigenvalue weighted by Crippen LogP contribution is 2.22. The zero-order valence-corrected chi connectivity index (χ0v) is 9.61. The minimum absolute atomic E-state index is 0.0639. The number of nitrogens with two attached hydrogens (primary N) is 1. The Bertz CT molecular complexity index is 181. The molecule has 0 bridgehead atoms. The smallest absolute Gasteiger partial charge is 0.222 e. The van der Waals surface area contributed by atoms with Crippen molar-refractivity contribution in [1.82, 2.24) is 5.32 Å². The fourth-order valence-corrected chi connectivity index (χ4v) is 2.83. The average Bonchev–Trinajstić information content (AvgIpc) is 2.67. The number of amides is 1. The van der Waals surface area contributed by atoms with Gasteiger partial charge < -0.3 is 11.1 Å². The van der Waals surface area contributed by atoms with E-state index >= 15 is 0 Å². The Balaban J connectivity index is 2.13. The van der Waals surface area contributed by atoms with Crippen LogP contribution in [0, 0.1) is 11.8 Å². The van der Waals surface area contributed by atoms with E-state index in [-0.39, 0.29) is 11.8 Å². The lowest BCUT2D eigenvalue weighted by molar-refractivity contribution is -0.124. The third kappa shape index (κ3) is 3.88. The molecule has 0 spiro atoms. The summed E-state index contributed by atoms with van der Waals surface area (Å²) in [6, 6.07) is 0. The van der Waals surface area contributed by atoms with Crippen molar-refractivity contribution in [2.75, 3.05) is 24.6 Å². The molecular formula is C10H20N2OS. The molecule has 1 fully saturated rings. The van der Waals surface area contributed by atoms with E-state index in [9.17, 15) is 4.79 Å². The summed E-state index contributed by atoms with van der Waals surface area (Å²) in [6.07, 6.45) is 2.03. The van der Waals surface area contributed by atoms with Crippen LogP contribution in [0.15, 0.2) is 0 Å². The molecular weight excluding hydrogens is 196 g/mol. The van der Waals surface area contributed by atoms with Gasteiger partial charge in [-0.25, -0.2) is 0 Å². The summed E-state index contributed by atoms with van der Waals surface area (Å²) < 4.78 is 0. The molecule has 4 heteroatoms. The maximum absolute atomic E-state index is 11.5. The van der Waals surface area contributed by atoms with E-state index in [1.165, 1.54) is 17.9 Å². The van der Waals surface area contributed by atoms with Gasteiger partial charge in [-0.1, -0.05) is 6.92 Å². The number of carbonyl (C=O) groups is 1. The van der Waals surface area contributed by atoms with Crippen LogP contribution in [0.5, 0.6) is 0 Å². The van der Waals surface area contributed by atoms with Crippen molar-refractivity contribution in [3.05, 3.63) is 0 Å². The van der Waals surface area contributed by atoms with E-state index in [1.807, 2.05) is 18.7 Å². The van der Waals surface area contributed by atoms with Gasteiger partial charge in [0, 0.05) is 12.5 Å². The monoisotopic (exact) mass is 216 g/mol. The van der Waals surface area contributed by atoms with Crippen LogP contribution in [0.4, 0.5) is 0 Å². The second kappa shape index (κ2) is 6.30. The first kappa shape index (κ1) is 11.9. The van der Waals surface area contributed by atoms with Crippen LogP contribution < -0.4 is 11.1 Å². The van der Waals surface area contributed by atoms with Gasteiger partial charge in [-0.3, -0.25) is 4.79 Å². The average molecular weight is 216 g/mol. The molecule has 1 saturated heterocycles. The van der Waals surface area contributed by atoms with Gasteiger partial charge in [-0.05, 0) is 36.8 Å². The van der Waals surface area contributed by atoms with Crippen molar-refractivity contribution in [2.24, 2.45) is 17.6 Å². The molecule has 0 radical (unpaired) electrons. The van der Waals surface area contributed by atoms with Crippen LogP contribution in [-0.2, 0) is 4.79 Å². The van der Waals surface area contributed by atoms with Crippen molar-refractivity contribution in [3.8, 4) is 0 Å². The summed E-state index contributed by atoms with van der Waals surface area (Å²) in [5.74, 6) is 3.36. The van der Waals surface area contributed by atoms with E-state index in [0.29, 0.717) is 12.5 Å². The van der Waals surface area contributed by atoms with Gasteiger partial charge in [0.05, 0.1) is 0 Å². The van der Waals surface area contributed by atoms with E-state index in [2.05, 4.69) is 5.32 Å². The van der Waals surface area contributed by atoms with Crippen LogP contribution in [0.25, 0.3) is 0 Å². The van der Waals surface area contributed by atoms with Gasteiger partial charge in [0.15, 0.2) is 0 Å². The number of carbonyl (C=O) groups excluding carboxylic acids is 1. The highest BCUT2D eigenvalue weighted by atomic mass is 32.2. The fourth-order valence-electron chi connectivity index (χ4n) is 1.54. The molecule has 1 heterocycles. The Morgan fingerprint density at radius 3 is 3.07 bits per heavy atom. The standard InChI is InChI=1S/C10H20N2OS/c1-8(2-4-11)10(13)12-6-9-3-5-14-7-9/h8-9H,2-7,11H2,1H3,(H,12,13). The Labute approximate surface area is 90.2 Å². The lowest BCUT2D eigenvalue weighted by atomic mass is 10.1. The molecule has 1 rings (SSSR count). The number of nitrogens with one attached hydrogen (secondary N) is 1. The summed E-state index contributed by atoms with van der Waals surface area (Å²) in [7, 11) is 0. The molecule has 2 atom stereocenters. The first-order valence-electron chi connectivity index (χ1n) is 5.29. The third-order valence-electron chi connectivity index (χ3n) is 2.64. The van der Waals surface area contributed by atoms with Gasteiger partial charge in [0.2, 0.25) is 5.91 Å². The SMILES string of the molecule is CC(CCN)C(=O)NCC1CCSC1. The molecule has 3 N–H and O–H groups in total. The number of hydrogen-bond acceptors (Lipinski definition) is 3. The zero-order chi connectivity index (χ0) is 10.4. The Morgan fingerprint density at radius 1 is 1.71 bits per heavy atom. The molecule has 0 aromatic rings. The highest BCUT2D eigenvalue weighted by Gasteiger charge is 2.17. The van der Waals surface area contributed by atoms with Gasteiger partial charge in [-0.15, -0.1) is 0 Å². The van der Waals surface area contributed by atoms with Crippen molar-refractivity contribution < 1.29 is 4.79 Å². The van der Waals surface area contributed by atoms with Crippen LogP contribution in [0.1, 0.15) is 19.8 Å². The van der Waals surface area contributed by atoms with E-state index in [0.717, 1.165) is 13.0 Å². The third-order valence-corrected chi connectivity index (χ3v) is 3.87. The molecule has 3 nitrogen and oxygen atoms in total. The number of hydrogen-bond donors (Lipinski definition) is 2. The summed E-state index contributed by atoms with van der Waals surface area (Å²) in [6.45, 7) is 3.38. The Morgan fingerprint density at radius 2 is 2.50 bits per heavy atom. The van der Waals surface area contributed by atoms with E-state index in [4.69, 9.17) is 5.73 Å². The lowest BCUT2D eigenvalue weighted by Gasteiger charge is -2.13. The number of rotatable bonds is 5. The normalized spacial score (nSPS) is 23.4. The maximum Gasteiger partial charge on any atom is 0.222 e. The second-order valence-electron chi connectivity index (χ2n) is 3.95. The molecule has 0 aromatic carbocycles. The van der Waals surface area contributed by atoms with Crippen molar-refractivity contribution in [1.29, 1.82) is 0 Å². The predicted molar refractivity (Wildman–Crippen MR) is 61.3 cm³/mol. The van der Waals surface area contributed by atoms with E-state index in [1.54, 1.807) is 0 Å².